The number of para-hydroxylation sites is 1. The fraction of sp³-hybridized carbons (Fsp3) is 0.0625. The molecule has 3 aromatic rings. The molecule has 20 heavy (non-hydrogen) atoms. The summed E-state index contributed by atoms with van der Waals surface area (Å²) in [4.78, 5) is 15.6. The van der Waals surface area contributed by atoms with Crippen molar-refractivity contribution in [3.8, 4) is 0 Å². The van der Waals surface area contributed by atoms with Crippen LogP contribution in [0.3, 0.4) is 0 Å². The molecular weight excluding hydrogens is 316 g/mol. The second-order valence-corrected chi connectivity index (χ2v) is 5.77. The van der Waals surface area contributed by atoms with Crippen molar-refractivity contribution in [2.45, 2.75) is 5.92 Å². The molecule has 2 aromatic carbocycles. The zero-order valence-corrected chi connectivity index (χ0v) is 12.1. The van der Waals surface area contributed by atoms with E-state index < -0.39 is 0 Å². The van der Waals surface area contributed by atoms with Crippen LogP contribution in [0.25, 0.3) is 10.9 Å². The smallest absolute Gasteiger partial charge is 0.236 e. The number of carbonyl (C=O) groups excluding carboxylic acids is 1. The molecule has 0 spiro atoms. The number of amides is 1. The molecule has 3 nitrogen and oxygen atoms in total. The van der Waals surface area contributed by atoms with Crippen LogP contribution in [0.1, 0.15) is 17.0 Å². The molecule has 1 unspecified atom stereocenters. The van der Waals surface area contributed by atoms with Gasteiger partial charge in [0.2, 0.25) is 5.91 Å². The van der Waals surface area contributed by atoms with Gasteiger partial charge in [-0.2, -0.15) is 0 Å². The lowest BCUT2D eigenvalue weighted by molar-refractivity contribution is -0.116. The van der Waals surface area contributed by atoms with Gasteiger partial charge in [-0.15, -0.1) is 0 Å². The summed E-state index contributed by atoms with van der Waals surface area (Å²) < 4.78 is 0.962. The molecule has 4 heteroatoms. The largest absolute Gasteiger partial charge is 0.361 e. The quantitative estimate of drug-likeness (QED) is 0.697. The van der Waals surface area contributed by atoms with Crippen LogP contribution in [0.15, 0.2) is 53.1 Å². The minimum absolute atomic E-state index is 0.0247. The van der Waals surface area contributed by atoms with Crippen LogP contribution >= 0.6 is 15.9 Å². The highest BCUT2D eigenvalue weighted by Gasteiger charge is 2.34. The van der Waals surface area contributed by atoms with Gasteiger partial charge in [-0.25, -0.2) is 0 Å². The molecule has 0 saturated carbocycles. The Kier molecular flexibility index (Phi) is 2.47. The fourth-order valence-corrected chi connectivity index (χ4v) is 3.50. The molecule has 0 fully saturated rings. The number of aromatic nitrogens is 1. The van der Waals surface area contributed by atoms with E-state index in [1.165, 1.54) is 0 Å². The molecule has 2 N–H and O–H groups in total. The highest BCUT2D eigenvalue weighted by Crippen LogP contribution is 2.43. The predicted molar refractivity (Wildman–Crippen MR) is 82.9 cm³/mol. The Balaban J connectivity index is 1.98. The molecule has 1 aliphatic heterocycles. The average Bonchev–Trinajstić information content (AvgIpc) is 3.00. The third-order valence-corrected chi connectivity index (χ3v) is 4.49. The Morgan fingerprint density at radius 3 is 2.80 bits per heavy atom. The van der Waals surface area contributed by atoms with Gasteiger partial charge in [0.1, 0.15) is 0 Å². The lowest BCUT2D eigenvalue weighted by Crippen LogP contribution is -2.12. The molecule has 1 amide bonds. The van der Waals surface area contributed by atoms with E-state index in [1.54, 1.807) is 0 Å². The minimum Gasteiger partial charge on any atom is -0.361 e. The molecule has 98 valence electrons. The molecule has 0 radical (unpaired) electrons. The molecule has 0 bridgehead atoms. The number of anilines is 1. The van der Waals surface area contributed by atoms with Gasteiger partial charge in [-0.05, 0) is 23.8 Å². The van der Waals surface area contributed by atoms with Crippen LogP contribution in [-0.4, -0.2) is 10.9 Å². The van der Waals surface area contributed by atoms with E-state index in [4.69, 9.17) is 0 Å². The third-order valence-electron chi connectivity index (χ3n) is 3.79. The average molecular weight is 327 g/mol. The van der Waals surface area contributed by atoms with E-state index in [9.17, 15) is 4.79 Å². The van der Waals surface area contributed by atoms with E-state index >= 15 is 0 Å². The topological polar surface area (TPSA) is 44.9 Å². The lowest BCUT2D eigenvalue weighted by atomic mass is 9.92. The van der Waals surface area contributed by atoms with Crippen molar-refractivity contribution >= 4 is 38.4 Å². The first-order valence-corrected chi connectivity index (χ1v) is 7.20. The normalized spacial score (nSPS) is 17.2. The number of benzene rings is 2. The van der Waals surface area contributed by atoms with Gasteiger partial charge in [0.05, 0.1) is 5.92 Å². The maximum absolute atomic E-state index is 12.4. The van der Waals surface area contributed by atoms with Crippen molar-refractivity contribution in [2.24, 2.45) is 0 Å². The Bertz CT molecular complexity index is 837. The maximum atomic E-state index is 12.4. The van der Waals surface area contributed by atoms with Crippen molar-refractivity contribution in [3.05, 3.63) is 64.3 Å². The van der Waals surface area contributed by atoms with Crippen LogP contribution in [-0.2, 0) is 4.79 Å². The Hall–Kier alpha value is -2.07. The SMILES string of the molecule is O=C1Nc2cccc(Br)c2C1c1c[nH]c2ccccc12. The highest BCUT2D eigenvalue weighted by atomic mass is 79.9. The number of hydrogen-bond donors (Lipinski definition) is 2. The molecule has 4 rings (SSSR count). The standard InChI is InChI=1S/C16H11BrN2O/c17-11-5-3-7-13-15(11)14(16(20)19-13)10-8-18-12-6-2-1-4-9(10)12/h1-8,14,18H,(H,19,20). The van der Waals surface area contributed by atoms with E-state index in [1.807, 2.05) is 48.7 Å². The first-order valence-electron chi connectivity index (χ1n) is 6.41. The van der Waals surface area contributed by atoms with Crippen LogP contribution < -0.4 is 5.32 Å². The zero-order valence-electron chi connectivity index (χ0n) is 10.5. The first kappa shape index (κ1) is 11.7. The predicted octanol–water partition coefficient (Wildman–Crippen LogP) is 4.01. The summed E-state index contributed by atoms with van der Waals surface area (Å²) in [6.07, 6.45) is 1.93. The summed E-state index contributed by atoms with van der Waals surface area (Å²) in [5.41, 5.74) is 3.97. The second-order valence-electron chi connectivity index (χ2n) is 4.91. The van der Waals surface area contributed by atoms with Crippen LogP contribution in [0, 0.1) is 0 Å². The molecule has 2 heterocycles. The van der Waals surface area contributed by atoms with Gasteiger partial charge >= 0.3 is 0 Å². The number of nitrogens with one attached hydrogen (secondary N) is 2. The van der Waals surface area contributed by atoms with E-state index in [0.29, 0.717) is 0 Å². The van der Waals surface area contributed by atoms with Crippen molar-refractivity contribution in [1.29, 1.82) is 0 Å². The Morgan fingerprint density at radius 2 is 1.90 bits per heavy atom. The summed E-state index contributed by atoms with van der Waals surface area (Å²) in [6, 6.07) is 13.9. The maximum Gasteiger partial charge on any atom is 0.236 e. The zero-order chi connectivity index (χ0) is 13.7. The highest BCUT2D eigenvalue weighted by molar-refractivity contribution is 9.10. The lowest BCUT2D eigenvalue weighted by Gasteiger charge is -2.09. The Morgan fingerprint density at radius 1 is 1.05 bits per heavy atom. The van der Waals surface area contributed by atoms with Gasteiger partial charge in [-0.3, -0.25) is 4.79 Å². The molecule has 1 atom stereocenters. The van der Waals surface area contributed by atoms with Gasteiger partial charge in [0, 0.05) is 32.8 Å². The number of aromatic amines is 1. The molecule has 0 saturated heterocycles. The fourth-order valence-electron chi connectivity index (χ4n) is 2.90. The van der Waals surface area contributed by atoms with Crippen LogP contribution in [0.5, 0.6) is 0 Å². The monoisotopic (exact) mass is 326 g/mol. The summed E-state index contributed by atoms with van der Waals surface area (Å²) in [5, 5.41) is 4.05. The van der Waals surface area contributed by atoms with E-state index in [2.05, 4.69) is 26.2 Å². The number of halogens is 1. The Labute approximate surface area is 124 Å². The summed E-state index contributed by atoms with van der Waals surface area (Å²) in [5.74, 6) is -0.242. The summed E-state index contributed by atoms with van der Waals surface area (Å²) >= 11 is 3.56. The second kappa shape index (κ2) is 4.21. The van der Waals surface area contributed by atoms with E-state index in [0.717, 1.165) is 32.2 Å². The van der Waals surface area contributed by atoms with Crippen molar-refractivity contribution in [3.63, 3.8) is 0 Å². The molecule has 1 aromatic heterocycles. The van der Waals surface area contributed by atoms with Crippen molar-refractivity contribution in [2.75, 3.05) is 5.32 Å². The van der Waals surface area contributed by atoms with Crippen molar-refractivity contribution in [1.82, 2.24) is 4.98 Å². The third kappa shape index (κ3) is 1.55. The number of carbonyl (C=O) groups is 1. The number of H-pyrrole nitrogens is 1. The molecular formula is C16H11BrN2O. The summed E-state index contributed by atoms with van der Waals surface area (Å²) in [7, 11) is 0. The van der Waals surface area contributed by atoms with Gasteiger partial charge in [0.25, 0.3) is 0 Å². The van der Waals surface area contributed by atoms with E-state index in [-0.39, 0.29) is 11.8 Å². The number of hydrogen-bond acceptors (Lipinski definition) is 1. The molecule has 1 aliphatic rings. The van der Waals surface area contributed by atoms with Gasteiger partial charge < -0.3 is 10.3 Å². The first-order chi connectivity index (χ1) is 9.75. The number of rotatable bonds is 1. The number of fused-ring (bicyclic) bond motifs is 2. The van der Waals surface area contributed by atoms with Gasteiger partial charge in [0.15, 0.2) is 0 Å². The van der Waals surface area contributed by atoms with Crippen LogP contribution in [0.4, 0.5) is 5.69 Å². The summed E-state index contributed by atoms with van der Waals surface area (Å²) in [6.45, 7) is 0. The minimum atomic E-state index is -0.267. The van der Waals surface area contributed by atoms with Crippen LogP contribution in [0.2, 0.25) is 0 Å². The van der Waals surface area contributed by atoms with Gasteiger partial charge in [-0.1, -0.05) is 40.2 Å². The van der Waals surface area contributed by atoms with Crippen molar-refractivity contribution < 1.29 is 4.79 Å². The molecule has 0 aliphatic carbocycles.